The monoisotopic (exact) mass is 630 g/mol. The molecule has 3 aromatic carbocycles. The average Bonchev–Trinajstić information content (AvgIpc) is 2.90. The van der Waals surface area contributed by atoms with Gasteiger partial charge in [-0.05, 0) is 24.3 Å². The van der Waals surface area contributed by atoms with Gasteiger partial charge < -0.3 is 31.6 Å². The lowest BCUT2D eigenvalue weighted by Crippen LogP contribution is -2.24. The highest BCUT2D eigenvalue weighted by atomic mass is 35.5. The molecule has 0 radical (unpaired) electrons. The Kier molecular flexibility index (Phi) is 7.30. The van der Waals surface area contributed by atoms with Crippen molar-refractivity contribution in [3.8, 4) is 23.0 Å². The first-order valence-corrected chi connectivity index (χ1v) is 15.0. The van der Waals surface area contributed by atoms with Crippen molar-refractivity contribution in [3.05, 3.63) is 45.0 Å². The van der Waals surface area contributed by atoms with Crippen LogP contribution < -0.4 is 42.3 Å². The Hall–Kier alpha value is -3.22. The lowest BCUT2D eigenvalue weighted by molar-refractivity contribution is 0.428. The Morgan fingerprint density at radius 3 is 1.40 bits per heavy atom. The van der Waals surface area contributed by atoms with E-state index in [-0.39, 0.29) is 92.7 Å². The second-order valence-corrected chi connectivity index (χ2v) is 11.8. The van der Waals surface area contributed by atoms with Crippen LogP contribution in [0.2, 0.25) is 10.0 Å². The summed E-state index contributed by atoms with van der Waals surface area (Å²) < 4.78 is 80.9. The van der Waals surface area contributed by atoms with Gasteiger partial charge in [0.1, 0.15) is 32.1 Å². The number of nitrogens with two attached hydrogens (primary N) is 2. The molecule has 2 aliphatic heterocycles. The number of halogens is 2. The number of benzene rings is 3. The number of nitrogens with zero attached hydrogens (tertiary/aromatic N) is 2. The van der Waals surface area contributed by atoms with Crippen molar-refractivity contribution >= 4 is 66.2 Å². The normalized spacial score (nSPS) is 13.3. The summed E-state index contributed by atoms with van der Waals surface area (Å²) in [6, 6.07) is 5.56. The summed E-state index contributed by atoms with van der Waals surface area (Å²) in [6.45, 7) is 0.743. The van der Waals surface area contributed by atoms with Crippen LogP contribution in [0.25, 0.3) is 0 Å². The smallest absolute Gasteiger partial charge is 0.300 e. The summed E-state index contributed by atoms with van der Waals surface area (Å²) in [7, 11) is -9.65. The molecule has 8 N–H and O–H groups in total. The fourth-order valence-electron chi connectivity index (χ4n) is 4.14. The minimum absolute atomic E-state index is 0.0172. The third-order valence-electron chi connectivity index (χ3n) is 5.74. The van der Waals surface area contributed by atoms with E-state index in [1.807, 2.05) is 0 Å². The molecule has 14 nitrogen and oxygen atoms in total. The zero-order valence-corrected chi connectivity index (χ0v) is 23.2. The van der Waals surface area contributed by atoms with Gasteiger partial charge in [0, 0.05) is 26.2 Å². The number of fused-ring (bicyclic) bond motifs is 4. The highest BCUT2D eigenvalue weighted by Crippen LogP contribution is 2.48. The molecule has 0 fully saturated rings. The van der Waals surface area contributed by atoms with Gasteiger partial charge in [-0.3, -0.25) is 9.11 Å². The number of hydrogen-bond acceptors (Lipinski definition) is 12. The predicted octanol–water partition coefficient (Wildman–Crippen LogP) is 2.34. The molecular formula is C22H20Cl2N6O8S2. The van der Waals surface area contributed by atoms with E-state index in [4.69, 9.17) is 44.1 Å². The second-order valence-electron chi connectivity index (χ2n) is 8.37. The van der Waals surface area contributed by atoms with Gasteiger partial charge in [-0.2, -0.15) is 16.8 Å². The molecule has 0 aromatic heterocycles. The summed E-state index contributed by atoms with van der Waals surface area (Å²) in [5, 5.41) is 5.05. The molecule has 2 aliphatic rings. The van der Waals surface area contributed by atoms with Crippen LogP contribution in [0.3, 0.4) is 0 Å². The Bertz CT molecular complexity index is 1780. The van der Waals surface area contributed by atoms with Crippen LogP contribution >= 0.6 is 23.2 Å². The van der Waals surface area contributed by atoms with Crippen molar-refractivity contribution in [2.45, 2.75) is 9.79 Å². The number of nitrogens with one attached hydrogen (secondary N) is 2. The van der Waals surface area contributed by atoms with Crippen LogP contribution in [0, 0.1) is 0 Å². The van der Waals surface area contributed by atoms with Crippen LogP contribution in [0.1, 0.15) is 0 Å². The Labute approximate surface area is 237 Å². The molecule has 3 aromatic rings. The van der Waals surface area contributed by atoms with Crippen LogP contribution in [-0.4, -0.2) is 52.1 Å². The summed E-state index contributed by atoms with van der Waals surface area (Å²) in [5.41, 5.74) is 11.0. The maximum atomic E-state index is 12.3. The average molecular weight is 631 g/mol. The summed E-state index contributed by atoms with van der Waals surface area (Å²) in [6.07, 6.45) is 0. The lowest BCUT2D eigenvalue weighted by atomic mass is 10.2. The highest BCUT2D eigenvalue weighted by Gasteiger charge is 2.34. The standard InChI is InChI=1S/C22H20Cl2N6O8S2/c23-13-15-19(37-17-9(29-15)1-3-11(27-7-5-25)21(17)39(31,32)33)14(24)16-20(13)38-18-10(30-16)2-4-12(28-8-6-26)22(18)40(34,35)36/h1-4,27-28H,5-8,25-26H2,(H,31,32,33)(H,34,35,36). The van der Waals surface area contributed by atoms with E-state index < -0.39 is 30.0 Å². The molecule has 40 heavy (non-hydrogen) atoms. The van der Waals surface area contributed by atoms with Crippen LogP contribution in [-0.2, 0) is 20.2 Å². The molecule has 0 unspecified atom stereocenters. The van der Waals surface area contributed by atoms with E-state index in [0.29, 0.717) is 0 Å². The second kappa shape index (κ2) is 10.3. The third-order valence-corrected chi connectivity index (χ3v) is 8.28. The number of ether oxygens (including phenoxy) is 2. The number of hydrogen-bond donors (Lipinski definition) is 6. The molecule has 0 spiro atoms. The maximum Gasteiger partial charge on any atom is 0.300 e. The molecule has 212 valence electrons. The van der Waals surface area contributed by atoms with Crippen molar-refractivity contribution in [2.24, 2.45) is 21.5 Å². The van der Waals surface area contributed by atoms with Gasteiger partial charge in [0.25, 0.3) is 20.2 Å². The van der Waals surface area contributed by atoms with Crippen LogP contribution in [0.4, 0.5) is 22.7 Å². The first-order valence-electron chi connectivity index (χ1n) is 11.4. The fraction of sp³-hybridized carbons (Fsp3) is 0.182. The van der Waals surface area contributed by atoms with E-state index >= 15 is 0 Å². The van der Waals surface area contributed by atoms with E-state index in [9.17, 15) is 25.9 Å². The van der Waals surface area contributed by atoms with Gasteiger partial charge in [0.2, 0.25) is 0 Å². The topological polar surface area (TPSA) is 228 Å². The third kappa shape index (κ3) is 4.82. The SMILES string of the molecule is NCCNc1ccc2c(c1S(=O)(=O)O)Oc1c(Cl)c3c(c(Cl)c1=N2)Oc1c(ccc(NCCN)c1S(=O)(=O)O)N=3. The summed E-state index contributed by atoms with van der Waals surface area (Å²) >= 11 is 13.2. The van der Waals surface area contributed by atoms with Gasteiger partial charge in [0.15, 0.2) is 32.8 Å². The highest BCUT2D eigenvalue weighted by molar-refractivity contribution is 7.86. The van der Waals surface area contributed by atoms with Crippen molar-refractivity contribution < 1.29 is 35.4 Å². The number of rotatable bonds is 8. The van der Waals surface area contributed by atoms with Crippen molar-refractivity contribution in [3.63, 3.8) is 0 Å². The molecule has 0 aliphatic carbocycles. The molecule has 0 atom stereocenters. The summed E-state index contributed by atoms with van der Waals surface area (Å²) in [4.78, 5) is 7.56. The molecule has 0 saturated heterocycles. The molecule has 0 bridgehead atoms. The van der Waals surface area contributed by atoms with Gasteiger partial charge in [-0.1, -0.05) is 23.2 Å². The Balaban J connectivity index is 1.75. The van der Waals surface area contributed by atoms with Gasteiger partial charge >= 0.3 is 0 Å². The first kappa shape index (κ1) is 28.3. The van der Waals surface area contributed by atoms with Crippen LogP contribution in [0.15, 0.2) is 44.0 Å². The van der Waals surface area contributed by atoms with E-state index in [2.05, 4.69) is 20.6 Å². The molecule has 0 amide bonds. The first-order chi connectivity index (χ1) is 18.9. The van der Waals surface area contributed by atoms with Crippen LogP contribution in [0.5, 0.6) is 23.0 Å². The van der Waals surface area contributed by atoms with E-state index in [1.54, 1.807) is 0 Å². The fourth-order valence-corrected chi connectivity index (χ4v) is 6.25. The quantitative estimate of drug-likeness (QED) is 0.136. The van der Waals surface area contributed by atoms with Crippen molar-refractivity contribution in [1.29, 1.82) is 0 Å². The molecule has 18 heteroatoms. The Morgan fingerprint density at radius 1 is 0.700 bits per heavy atom. The van der Waals surface area contributed by atoms with E-state index in [0.717, 1.165) is 0 Å². The van der Waals surface area contributed by atoms with Gasteiger partial charge in [0.05, 0.1) is 11.4 Å². The molecule has 5 rings (SSSR count). The minimum Gasteiger partial charge on any atom is -0.450 e. The summed E-state index contributed by atoms with van der Waals surface area (Å²) in [5.74, 6) is -1.02. The zero-order valence-electron chi connectivity index (χ0n) is 20.1. The Morgan fingerprint density at radius 2 is 1.07 bits per heavy atom. The predicted molar refractivity (Wildman–Crippen MR) is 146 cm³/mol. The zero-order chi connectivity index (χ0) is 29.0. The molecule has 0 saturated carbocycles. The van der Waals surface area contributed by atoms with Gasteiger partial charge in [-0.25, -0.2) is 9.98 Å². The minimum atomic E-state index is -4.82. The molecule has 2 heterocycles. The largest absolute Gasteiger partial charge is 0.450 e. The lowest BCUT2D eigenvalue weighted by Gasteiger charge is -2.24. The maximum absolute atomic E-state index is 12.3. The van der Waals surface area contributed by atoms with Crippen molar-refractivity contribution in [1.82, 2.24) is 0 Å². The number of anilines is 2. The van der Waals surface area contributed by atoms with Crippen molar-refractivity contribution in [2.75, 3.05) is 36.8 Å². The van der Waals surface area contributed by atoms with E-state index in [1.165, 1.54) is 24.3 Å². The molecular weight excluding hydrogens is 611 g/mol. The van der Waals surface area contributed by atoms with Gasteiger partial charge in [-0.15, -0.1) is 0 Å².